The van der Waals surface area contributed by atoms with Gasteiger partial charge < -0.3 is 28.7 Å². The number of ether oxygens (including phenoxy) is 4. The lowest BCUT2D eigenvalue weighted by Crippen LogP contribution is -2.28. The Morgan fingerprint density at radius 1 is 0.225 bits per heavy atom. The summed E-state index contributed by atoms with van der Waals surface area (Å²) in [6.07, 6.45) is 3.71. The molecule has 6 heteroatoms. The van der Waals surface area contributed by atoms with Crippen molar-refractivity contribution in [3.63, 3.8) is 0 Å². The van der Waals surface area contributed by atoms with Crippen LogP contribution in [0.5, 0.6) is 23.0 Å². The van der Waals surface area contributed by atoms with Crippen molar-refractivity contribution in [2.75, 3.05) is 9.80 Å². The normalized spacial score (nSPS) is 13.1. The van der Waals surface area contributed by atoms with Crippen LogP contribution in [0, 0.1) is 0 Å². The zero-order valence-electron chi connectivity index (χ0n) is 72.8. The lowest BCUT2D eigenvalue weighted by molar-refractivity contribution is 0.107. The van der Waals surface area contributed by atoms with E-state index in [9.17, 15) is 0 Å². The van der Waals surface area contributed by atoms with Crippen LogP contribution >= 0.6 is 0 Å². The fraction of sp³-hybridized carbons (Fsp3) is 0.0894. The number of nitrogens with zero attached hydrogens (tertiary/aromatic N) is 2. The maximum atomic E-state index is 6.82. The molecule has 0 amide bonds. The van der Waals surface area contributed by atoms with Crippen LogP contribution < -0.4 is 19.3 Å². The van der Waals surface area contributed by atoms with Crippen LogP contribution in [-0.4, -0.2) is 0 Å². The first kappa shape index (κ1) is 80.7. The number of benzene rings is 18. The zero-order valence-corrected chi connectivity index (χ0v) is 72.8. The Morgan fingerprint density at radius 3 is 0.814 bits per heavy atom. The highest BCUT2D eigenvalue weighted by molar-refractivity contribution is 5.93. The van der Waals surface area contributed by atoms with Gasteiger partial charge in [-0.1, -0.05) is 344 Å². The van der Waals surface area contributed by atoms with Crippen LogP contribution in [0.2, 0.25) is 0 Å². The molecule has 18 aromatic carbocycles. The van der Waals surface area contributed by atoms with Gasteiger partial charge in [0.25, 0.3) is 0 Å². The molecule has 129 heavy (non-hydrogen) atoms. The van der Waals surface area contributed by atoms with Crippen molar-refractivity contribution in [3.8, 4) is 101 Å². The molecule has 0 aliphatic heterocycles. The molecule has 3 aliphatic rings. The van der Waals surface area contributed by atoms with E-state index >= 15 is 0 Å². The van der Waals surface area contributed by atoms with E-state index in [1.165, 1.54) is 66.8 Å². The lowest BCUT2D eigenvalue weighted by atomic mass is 9.67. The fourth-order valence-electron chi connectivity index (χ4n) is 19.7. The molecule has 0 spiro atoms. The van der Waals surface area contributed by atoms with Gasteiger partial charge in [0.1, 0.15) is 23.0 Å². The Morgan fingerprint density at radius 2 is 0.481 bits per heavy atom. The van der Waals surface area contributed by atoms with Crippen LogP contribution in [0.1, 0.15) is 106 Å². The van der Waals surface area contributed by atoms with E-state index in [0.29, 0.717) is 37.9 Å². The zero-order chi connectivity index (χ0) is 87.2. The Bertz CT molecular complexity index is 6730. The van der Waals surface area contributed by atoms with Crippen molar-refractivity contribution in [2.24, 2.45) is 0 Å². The number of rotatable bonds is 26. The summed E-state index contributed by atoms with van der Waals surface area (Å²) < 4.78 is 26.0. The first-order valence-electron chi connectivity index (χ1n) is 44.5. The van der Waals surface area contributed by atoms with Crippen molar-refractivity contribution in [1.29, 1.82) is 0 Å². The van der Waals surface area contributed by atoms with E-state index in [0.717, 1.165) is 135 Å². The van der Waals surface area contributed by atoms with E-state index in [4.69, 9.17) is 18.9 Å². The fourth-order valence-corrected chi connectivity index (χ4v) is 19.7. The molecule has 622 valence electrons. The van der Waals surface area contributed by atoms with Crippen molar-refractivity contribution in [2.45, 2.75) is 70.4 Å². The summed E-state index contributed by atoms with van der Waals surface area (Å²) in [7, 11) is 0. The van der Waals surface area contributed by atoms with Crippen molar-refractivity contribution >= 4 is 46.3 Å². The van der Waals surface area contributed by atoms with Gasteiger partial charge in [0.05, 0.1) is 31.8 Å². The molecule has 0 radical (unpaired) electrons. The van der Waals surface area contributed by atoms with Crippen LogP contribution in [0.25, 0.3) is 90.0 Å². The molecular weight excluding hydrogens is 1570 g/mol. The molecule has 0 saturated heterocycles. The van der Waals surface area contributed by atoms with Gasteiger partial charge in [-0.3, -0.25) is 0 Å². The Labute approximate surface area is 756 Å². The summed E-state index contributed by atoms with van der Waals surface area (Å²) in [5.41, 5.74) is 37.9. The topological polar surface area (TPSA) is 43.4 Å². The summed E-state index contributed by atoms with van der Waals surface area (Å²) >= 11 is 0. The average Bonchev–Trinajstić information content (AvgIpc) is 1.54. The summed E-state index contributed by atoms with van der Waals surface area (Å²) in [6, 6.07) is 154. The maximum Gasteiger partial charge on any atom is 0.127 e. The smallest absolute Gasteiger partial charge is 0.127 e. The molecule has 0 fully saturated rings. The minimum absolute atomic E-state index is 0.193. The number of anilines is 6. The highest BCUT2D eigenvalue weighted by Gasteiger charge is 2.47. The van der Waals surface area contributed by atoms with Gasteiger partial charge in [-0.15, -0.1) is 0 Å². The summed E-state index contributed by atoms with van der Waals surface area (Å²) in [6.45, 7) is 19.2. The number of hydrogen-bond acceptors (Lipinski definition) is 6. The largest absolute Gasteiger partial charge is 0.457 e. The molecule has 0 atom stereocenters. The van der Waals surface area contributed by atoms with Crippen LogP contribution in [-0.2, 0) is 52.1 Å². The SMILES string of the molecule is C=Cc1ccc(COCc2ccc(Oc3ccc(C4(c5ccc(Oc6ccc(COCc7ccc(C=C)cc7)cc6)cc5)c5cc(-c6ccc(N(c7ccc(-c8ccccc8)cc7)c7ccc8c(c7)C(C)(C)c7ccccc7-8)cc6)ccc5-c5ccc(-c6ccc(N(c7ccc(-c8ccccc8)cc7)c7ccc8c(c7)C(C)(C)c7ccccc7-8)cc6)cc54)cc3)cc2)cc1. The van der Waals surface area contributed by atoms with E-state index < -0.39 is 5.41 Å². The second kappa shape index (κ2) is 34.1. The van der Waals surface area contributed by atoms with E-state index in [-0.39, 0.29) is 10.8 Å². The molecule has 18 aromatic rings. The minimum Gasteiger partial charge on any atom is -0.457 e. The Hall–Kier alpha value is -15.4. The quantitative estimate of drug-likeness (QED) is 0.0538. The molecule has 0 bridgehead atoms. The highest BCUT2D eigenvalue weighted by atomic mass is 16.5. The lowest BCUT2D eigenvalue weighted by Gasteiger charge is -2.34. The average molecular weight is 1670 g/mol. The predicted octanol–water partition coefficient (Wildman–Crippen LogP) is 32.6. The number of hydrogen-bond donors (Lipinski definition) is 0. The monoisotopic (exact) mass is 1660 g/mol. The van der Waals surface area contributed by atoms with E-state index in [2.05, 4.69) is 451 Å². The van der Waals surface area contributed by atoms with Crippen molar-refractivity contribution in [3.05, 3.63) is 516 Å². The second-order valence-electron chi connectivity index (χ2n) is 35.1. The van der Waals surface area contributed by atoms with Gasteiger partial charge in [0, 0.05) is 45.0 Å². The van der Waals surface area contributed by atoms with E-state index in [1.807, 2.05) is 36.4 Å². The van der Waals surface area contributed by atoms with Crippen LogP contribution in [0.3, 0.4) is 0 Å². The van der Waals surface area contributed by atoms with Crippen LogP contribution in [0.4, 0.5) is 34.1 Å². The molecule has 0 saturated carbocycles. The molecule has 3 aliphatic carbocycles. The maximum absolute atomic E-state index is 6.82. The molecule has 6 nitrogen and oxygen atoms in total. The van der Waals surface area contributed by atoms with Gasteiger partial charge in [0.2, 0.25) is 0 Å². The molecule has 0 N–H and O–H groups in total. The van der Waals surface area contributed by atoms with Gasteiger partial charge in [-0.2, -0.15) is 0 Å². The third-order valence-corrected chi connectivity index (χ3v) is 26.6. The first-order valence-corrected chi connectivity index (χ1v) is 44.5. The highest BCUT2D eigenvalue weighted by Crippen LogP contribution is 2.59. The third kappa shape index (κ3) is 15.4. The van der Waals surface area contributed by atoms with Gasteiger partial charge in [-0.25, -0.2) is 0 Å². The standard InChI is InChI=1S/C123H96N2O4/c1-7-83-27-31-85(32-28-83)79-126-81-87-35-63-105(64-36-87)128-107-67-49-97(50-68-107)123(98-51-69-108(70-52-98)129-106-65-37-88(38-66-106)82-127-80-86-33-29-84(8-2)30-34-86)119-75-95(93-43-57-101(58-44-93)124(99-53-39-91(40-54-99)89-19-11-9-12-20-89)103-61-73-111-109-23-15-17-25-115(109)121(3,4)117(111)77-103)47-71-113(119)114-72-48-96(76-120(114)123)94-45-59-102(60-46-94)125(100-55-41-92(42-56-100)90-21-13-10-14-22-90)104-62-74-112-110-24-16-18-26-116(110)122(5,6)118(112)78-104/h7-78H,1-2,79-82H2,3-6H3. The summed E-state index contributed by atoms with van der Waals surface area (Å²) in [4.78, 5) is 4.83. The number of fused-ring (bicyclic) bond motifs is 9. The molecule has 0 unspecified atom stereocenters. The molecule has 0 aromatic heterocycles. The molecular formula is C123H96N2O4. The minimum atomic E-state index is -0.911. The van der Waals surface area contributed by atoms with E-state index in [1.54, 1.807) is 0 Å². The van der Waals surface area contributed by atoms with Crippen molar-refractivity contribution in [1.82, 2.24) is 0 Å². The third-order valence-electron chi connectivity index (χ3n) is 26.6. The summed E-state index contributed by atoms with van der Waals surface area (Å²) in [5, 5.41) is 0. The van der Waals surface area contributed by atoms with Gasteiger partial charge in [-0.05, 0) is 289 Å². The predicted molar refractivity (Wildman–Crippen MR) is 533 cm³/mol. The van der Waals surface area contributed by atoms with Gasteiger partial charge in [0.15, 0.2) is 0 Å². The Balaban J connectivity index is 0.673. The summed E-state index contributed by atoms with van der Waals surface area (Å²) in [5.74, 6) is 2.88. The van der Waals surface area contributed by atoms with Crippen molar-refractivity contribution < 1.29 is 18.9 Å². The Kier molecular flexibility index (Phi) is 21.3. The first-order chi connectivity index (χ1) is 63.3. The van der Waals surface area contributed by atoms with Crippen LogP contribution in [0.15, 0.2) is 438 Å². The van der Waals surface area contributed by atoms with Gasteiger partial charge >= 0.3 is 0 Å². The second-order valence-corrected chi connectivity index (χ2v) is 35.1. The molecule has 0 heterocycles. The molecule has 21 rings (SSSR count).